The smallest absolute Gasteiger partial charge is 0.220 e. The van der Waals surface area contributed by atoms with Crippen LogP contribution in [0, 0.1) is 6.92 Å². The van der Waals surface area contributed by atoms with Gasteiger partial charge in [0.25, 0.3) is 0 Å². The van der Waals surface area contributed by atoms with E-state index in [4.69, 9.17) is 4.74 Å². The number of aromatic amines is 1. The molecule has 0 spiro atoms. The van der Waals surface area contributed by atoms with Crippen molar-refractivity contribution < 1.29 is 9.53 Å². The topological polar surface area (TPSA) is 67.0 Å². The van der Waals surface area contributed by atoms with Gasteiger partial charge in [0.15, 0.2) is 0 Å². The van der Waals surface area contributed by atoms with E-state index in [1.165, 1.54) is 5.56 Å². The van der Waals surface area contributed by atoms with Crippen LogP contribution in [0.5, 0.6) is 0 Å². The highest BCUT2D eigenvalue weighted by molar-refractivity contribution is 5.75. The molecule has 0 radical (unpaired) electrons. The molecule has 1 aliphatic heterocycles. The summed E-state index contributed by atoms with van der Waals surface area (Å²) in [6, 6.07) is 0. The molecule has 2 N–H and O–H groups in total. The van der Waals surface area contributed by atoms with Gasteiger partial charge in [-0.1, -0.05) is 0 Å². The number of hydrogen-bond donors (Lipinski definition) is 2. The summed E-state index contributed by atoms with van der Waals surface area (Å²) in [5, 5.41) is 9.86. The lowest BCUT2D eigenvalue weighted by Crippen LogP contribution is -2.25. The molecule has 5 nitrogen and oxygen atoms in total. The summed E-state index contributed by atoms with van der Waals surface area (Å²) in [7, 11) is 0. The van der Waals surface area contributed by atoms with E-state index in [0.29, 0.717) is 12.5 Å². The van der Waals surface area contributed by atoms with Crippen LogP contribution < -0.4 is 5.32 Å². The van der Waals surface area contributed by atoms with Crippen molar-refractivity contribution >= 4 is 5.91 Å². The van der Waals surface area contributed by atoms with Gasteiger partial charge in [-0.15, -0.1) is 0 Å². The lowest BCUT2D eigenvalue weighted by Gasteiger charge is -2.09. The second-order valence-electron chi connectivity index (χ2n) is 5.15. The van der Waals surface area contributed by atoms with Crippen LogP contribution in [0.15, 0.2) is 6.20 Å². The highest BCUT2D eigenvalue weighted by atomic mass is 16.5. The van der Waals surface area contributed by atoms with Crippen molar-refractivity contribution in [3.8, 4) is 0 Å². The van der Waals surface area contributed by atoms with Crippen molar-refractivity contribution in [1.82, 2.24) is 15.5 Å². The van der Waals surface area contributed by atoms with Crippen LogP contribution in [0.4, 0.5) is 0 Å². The monoisotopic (exact) mass is 265 g/mol. The number of nitrogens with zero attached hydrogens (tertiary/aromatic N) is 1. The average Bonchev–Trinajstić information content (AvgIpc) is 3.04. The van der Waals surface area contributed by atoms with Gasteiger partial charge < -0.3 is 10.1 Å². The summed E-state index contributed by atoms with van der Waals surface area (Å²) in [5.74, 6) is 0.138. The van der Waals surface area contributed by atoms with E-state index < -0.39 is 0 Å². The number of hydrogen-bond acceptors (Lipinski definition) is 3. The van der Waals surface area contributed by atoms with E-state index in [-0.39, 0.29) is 5.91 Å². The molecule has 1 atom stereocenters. The molecule has 1 aliphatic rings. The number of H-pyrrole nitrogens is 1. The molecule has 19 heavy (non-hydrogen) atoms. The van der Waals surface area contributed by atoms with Gasteiger partial charge in [-0.3, -0.25) is 9.89 Å². The summed E-state index contributed by atoms with van der Waals surface area (Å²) in [5.41, 5.74) is 2.35. The molecule has 0 aromatic carbocycles. The number of rotatable bonds is 7. The van der Waals surface area contributed by atoms with Crippen molar-refractivity contribution in [3.63, 3.8) is 0 Å². The molecule has 0 bridgehead atoms. The third-order valence-corrected chi connectivity index (χ3v) is 3.60. The third-order valence-electron chi connectivity index (χ3n) is 3.60. The van der Waals surface area contributed by atoms with Crippen molar-refractivity contribution in [2.24, 2.45) is 0 Å². The maximum atomic E-state index is 11.6. The SMILES string of the molecule is Cc1[nH]ncc1CCCNC(=O)CCC1CCCO1. The van der Waals surface area contributed by atoms with E-state index in [1.54, 1.807) is 0 Å². The van der Waals surface area contributed by atoms with Crippen molar-refractivity contribution in [2.75, 3.05) is 13.2 Å². The summed E-state index contributed by atoms with van der Waals surface area (Å²) < 4.78 is 5.50. The molecular formula is C14H23N3O2. The Morgan fingerprint density at radius 3 is 3.21 bits per heavy atom. The van der Waals surface area contributed by atoms with Crippen molar-refractivity contribution in [2.45, 2.75) is 51.6 Å². The molecule has 1 saturated heterocycles. The Morgan fingerprint density at radius 2 is 2.53 bits per heavy atom. The number of amides is 1. The molecule has 1 aromatic rings. The molecule has 0 aliphatic carbocycles. The fourth-order valence-corrected chi connectivity index (χ4v) is 2.39. The fraction of sp³-hybridized carbons (Fsp3) is 0.714. The van der Waals surface area contributed by atoms with Crippen LogP contribution in [-0.4, -0.2) is 35.4 Å². The maximum absolute atomic E-state index is 11.6. The van der Waals surface area contributed by atoms with Gasteiger partial charge in [0.05, 0.1) is 12.3 Å². The van der Waals surface area contributed by atoms with Crippen LogP contribution in [-0.2, 0) is 16.0 Å². The van der Waals surface area contributed by atoms with Crippen LogP contribution in [0.25, 0.3) is 0 Å². The minimum absolute atomic E-state index is 0.138. The van der Waals surface area contributed by atoms with Crippen LogP contribution in [0.1, 0.15) is 43.4 Å². The zero-order chi connectivity index (χ0) is 13.5. The van der Waals surface area contributed by atoms with Gasteiger partial charge in [0.1, 0.15) is 0 Å². The number of aryl methyl sites for hydroxylation is 2. The quantitative estimate of drug-likeness (QED) is 0.738. The summed E-state index contributed by atoms with van der Waals surface area (Å²) in [6.45, 7) is 3.60. The standard InChI is InChI=1S/C14H23N3O2/c1-11-12(10-16-17-11)4-2-8-15-14(18)7-6-13-5-3-9-19-13/h10,13H,2-9H2,1H3,(H,15,18)(H,16,17). The first-order valence-electron chi connectivity index (χ1n) is 7.13. The van der Waals surface area contributed by atoms with Gasteiger partial charge in [0, 0.05) is 25.3 Å². The van der Waals surface area contributed by atoms with Crippen molar-refractivity contribution in [1.29, 1.82) is 0 Å². The Hall–Kier alpha value is -1.36. The number of ether oxygens (including phenoxy) is 1. The minimum atomic E-state index is 0.138. The summed E-state index contributed by atoms with van der Waals surface area (Å²) in [6.07, 6.45) is 7.74. The van der Waals surface area contributed by atoms with Crippen molar-refractivity contribution in [3.05, 3.63) is 17.5 Å². The summed E-state index contributed by atoms with van der Waals surface area (Å²) in [4.78, 5) is 11.6. The zero-order valence-electron chi connectivity index (χ0n) is 11.6. The maximum Gasteiger partial charge on any atom is 0.220 e. The van der Waals surface area contributed by atoms with E-state index in [9.17, 15) is 4.79 Å². The fourth-order valence-electron chi connectivity index (χ4n) is 2.39. The minimum Gasteiger partial charge on any atom is -0.378 e. The van der Waals surface area contributed by atoms with Crippen LogP contribution in [0.2, 0.25) is 0 Å². The number of aromatic nitrogens is 2. The summed E-state index contributed by atoms with van der Waals surface area (Å²) >= 11 is 0. The molecule has 106 valence electrons. The molecule has 1 unspecified atom stereocenters. The van der Waals surface area contributed by atoms with Gasteiger partial charge in [-0.25, -0.2) is 0 Å². The lowest BCUT2D eigenvalue weighted by atomic mass is 10.1. The van der Waals surface area contributed by atoms with Gasteiger partial charge in [-0.05, 0) is 44.6 Å². The first-order chi connectivity index (χ1) is 9.25. The lowest BCUT2D eigenvalue weighted by molar-refractivity contribution is -0.121. The number of carbonyl (C=O) groups excluding carboxylic acids is 1. The van der Waals surface area contributed by atoms with Gasteiger partial charge in [-0.2, -0.15) is 5.10 Å². The Kier molecular flexibility index (Phi) is 5.39. The highest BCUT2D eigenvalue weighted by Crippen LogP contribution is 2.16. The Bertz CT molecular complexity index is 397. The highest BCUT2D eigenvalue weighted by Gasteiger charge is 2.16. The number of carbonyl (C=O) groups is 1. The molecule has 1 fully saturated rings. The Morgan fingerprint density at radius 1 is 1.63 bits per heavy atom. The van der Waals surface area contributed by atoms with Crippen LogP contribution in [0.3, 0.4) is 0 Å². The van der Waals surface area contributed by atoms with E-state index >= 15 is 0 Å². The molecule has 2 heterocycles. The third kappa shape index (κ3) is 4.67. The zero-order valence-corrected chi connectivity index (χ0v) is 11.6. The molecule has 0 saturated carbocycles. The largest absolute Gasteiger partial charge is 0.378 e. The average molecular weight is 265 g/mol. The Labute approximate surface area is 114 Å². The van der Waals surface area contributed by atoms with Gasteiger partial charge >= 0.3 is 0 Å². The molecular weight excluding hydrogens is 242 g/mol. The molecule has 1 amide bonds. The van der Waals surface area contributed by atoms with E-state index in [2.05, 4.69) is 15.5 Å². The predicted molar refractivity (Wildman–Crippen MR) is 72.9 cm³/mol. The molecule has 5 heteroatoms. The molecule has 1 aromatic heterocycles. The first kappa shape index (κ1) is 14.1. The van der Waals surface area contributed by atoms with Crippen LogP contribution >= 0.6 is 0 Å². The molecule has 2 rings (SSSR count). The Balaban J connectivity index is 1.52. The van der Waals surface area contributed by atoms with Gasteiger partial charge in [0.2, 0.25) is 5.91 Å². The second kappa shape index (κ2) is 7.28. The first-order valence-corrected chi connectivity index (χ1v) is 7.13. The van der Waals surface area contributed by atoms with E-state index in [1.807, 2.05) is 13.1 Å². The second-order valence-corrected chi connectivity index (χ2v) is 5.15. The predicted octanol–water partition coefficient (Wildman–Crippen LogP) is 1.73. The van der Waals surface area contributed by atoms with E-state index in [0.717, 1.165) is 50.9 Å². The number of nitrogens with one attached hydrogen (secondary N) is 2. The normalized spacial score (nSPS) is 18.7.